The van der Waals surface area contributed by atoms with Crippen molar-refractivity contribution < 1.29 is 30.9 Å². The zero-order valence-electron chi connectivity index (χ0n) is 61.9. The Morgan fingerprint density at radius 2 is 0.624 bits per heavy atom. The van der Waals surface area contributed by atoms with Gasteiger partial charge in [0.05, 0.1) is 38.8 Å². The molecule has 0 amide bonds. The molecule has 3 aliphatic heterocycles. The number of rotatable bonds is 6. The molecule has 24 aromatic rings. The van der Waals surface area contributed by atoms with Gasteiger partial charge < -0.3 is 35.8 Å². The fraction of sp³-hybridized carbons (Fsp3) is 0. The summed E-state index contributed by atoms with van der Waals surface area (Å²) in [6.45, 7) is -0.580. The molecule has 0 aliphatic carbocycles. The third-order valence-electron chi connectivity index (χ3n) is 23.2. The number of thiophene rings is 2. The van der Waals surface area contributed by atoms with E-state index in [1.54, 1.807) is 28.9 Å². The fourth-order valence-corrected chi connectivity index (χ4v) is 20.4. The number of anilines is 9. The van der Waals surface area contributed by atoms with Crippen molar-refractivity contribution >= 4 is 273 Å². The number of furan rings is 7. The van der Waals surface area contributed by atoms with E-state index in [1.807, 2.05) is 134 Å². The Morgan fingerprint density at radius 1 is 0.256 bits per heavy atom. The molecule has 27 rings (SSSR count). The smallest absolute Gasteiger partial charge is 0.338 e. The van der Waals surface area contributed by atoms with E-state index in [0.29, 0.717) is 5.95 Å². The van der Waals surface area contributed by atoms with E-state index in [9.17, 15) is 0 Å². The summed E-state index contributed by atoms with van der Waals surface area (Å²) in [4.78, 5) is 27.2. The summed E-state index contributed by atoms with van der Waals surface area (Å²) in [6, 6.07) is 108. The fourth-order valence-electron chi connectivity index (χ4n) is 18.2. The molecule has 15 heterocycles. The number of pyridine rings is 2. The lowest BCUT2D eigenvalue weighted by atomic mass is 9.39. The van der Waals surface area contributed by atoms with Crippen LogP contribution in [0, 0.1) is 0 Å². The highest BCUT2D eigenvalue weighted by Gasteiger charge is 2.48. The van der Waals surface area contributed by atoms with E-state index in [4.69, 9.17) is 45.9 Å². The van der Waals surface area contributed by atoms with Gasteiger partial charge in [-0.25, -0.2) is 15.0 Å². The minimum absolute atomic E-state index is 0.185. The van der Waals surface area contributed by atoms with Gasteiger partial charge in [-0.05, 0) is 115 Å². The van der Waals surface area contributed by atoms with Crippen LogP contribution in [0.2, 0.25) is 0 Å². The second-order valence-corrected chi connectivity index (χ2v) is 31.7. The molecule has 0 N–H and O–H groups in total. The SMILES string of the molecule is c1ccc(B2c3oc4ccccc4c3N(c3ccc4oc5ccncc5c4c3)c3c2oc2ccccc32)cc1.c1ccc(B2c3oc4ccccc4c3N(c3ncc4c(n3)sc3ccccc34)c3c2oc2ccccc32)cc1.c1ccc(B2c3oc4ccccc4c3N(c3nccc4c3sc3ccccc34)c3c2oc2ccccc32)cc1. The van der Waals surface area contributed by atoms with Gasteiger partial charge in [0.25, 0.3) is 0 Å². The third-order valence-corrected chi connectivity index (χ3v) is 25.5. The number of fused-ring (bicyclic) bond motifs is 27. The molecule has 3 aliphatic rings. The molecule has 19 heteroatoms. The van der Waals surface area contributed by atoms with Gasteiger partial charge in [-0.2, -0.15) is 0 Å². The Hall–Kier alpha value is -14.9. The van der Waals surface area contributed by atoms with Crippen molar-refractivity contribution in [3.8, 4) is 0 Å². The topological polar surface area (TPSA) is 153 Å². The molecule has 14 nitrogen and oxygen atoms in total. The van der Waals surface area contributed by atoms with Gasteiger partial charge in [-0.15, -0.1) is 22.7 Å². The molecule has 117 heavy (non-hydrogen) atoms. The van der Waals surface area contributed by atoms with E-state index in [1.165, 1.54) is 25.6 Å². The van der Waals surface area contributed by atoms with Crippen LogP contribution in [0.1, 0.15) is 0 Å². The van der Waals surface area contributed by atoms with Gasteiger partial charge in [-0.1, -0.05) is 217 Å². The van der Waals surface area contributed by atoms with E-state index in [-0.39, 0.29) is 20.1 Å². The first-order valence-electron chi connectivity index (χ1n) is 38.9. The maximum Gasteiger partial charge on any atom is 0.338 e. The van der Waals surface area contributed by atoms with E-state index in [2.05, 4.69) is 220 Å². The van der Waals surface area contributed by atoms with Crippen LogP contribution in [0.25, 0.3) is 128 Å². The van der Waals surface area contributed by atoms with Gasteiger partial charge in [0.15, 0.2) is 5.82 Å². The second-order valence-electron chi connectivity index (χ2n) is 29.7. The maximum atomic E-state index is 6.71. The lowest BCUT2D eigenvalue weighted by Crippen LogP contribution is -2.56. The summed E-state index contributed by atoms with van der Waals surface area (Å²) in [5.74, 6) is 1.49. The average Bonchev–Trinajstić information content (AvgIpc) is 1.56. The normalized spacial score (nSPS) is 13.0. The molecule has 0 bridgehead atoms. The number of hydrogen-bond acceptors (Lipinski definition) is 16. The van der Waals surface area contributed by atoms with Crippen molar-refractivity contribution in [2.75, 3.05) is 14.7 Å². The lowest BCUT2D eigenvalue weighted by Gasteiger charge is -2.31. The number of nitrogens with zero attached hydrogens (tertiary/aromatic N) is 7. The highest BCUT2D eigenvalue weighted by molar-refractivity contribution is 7.26. The highest BCUT2D eigenvalue weighted by atomic mass is 32.1. The quantitative estimate of drug-likeness (QED) is 0.145. The van der Waals surface area contributed by atoms with Crippen LogP contribution in [0.5, 0.6) is 0 Å². The van der Waals surface area contributed by atoms with Gasteiger partial charge in [-0.3, -0.25) is 14.8 Å². The molecule has 546 valence electrons. The Kier molecular flexibility index (Phi) is 14.5. The molecular weight excluding hydrogens is 1480 g/mol. The Morgan fingerprint density at radius 3 is 1.08 bits per heavy atom. The molecule has 12 aromatic carbocycles. The van der Waals surface area contributed by atoms with Gasteiger partial charge in [0.1, 0.15) is 83.5 Å². The van der Waals surface area contributed by atoms with Crippen molar-refractivity contribution in [3.05, 3.63) is 340 Å². The Labute approximate surface area is 674 Å². The van der Waals surface area contributed by atoms with Crippen LogP contribution < -0.4 is 65.0 Å². The average molecular weight is 1540 g/mol. The van der Waals surface area contributed by atoms with Crippen LogP contribution >= 0.6 is 22.7 Å². The number of aromatic nitrogens is 4. The van der Waals surface area contributed by atoms with Crippen molar-refractivity contribution in [2.24, 2.45) is 0 Å². The van der Waals surface area contributed by atoms with Crippen LogP contribution in [0.3, 0.4) is 0 Å². The van der Waals surface area contributed by atoms with E-state index >= 15 is 0 Å². The summed E-state index contributed by atoms with van der Waals surface area (Å²) in [5.41, 5.74) is 22.2. The minimum Gasteiger partial charge on any atom is -0.468 e. The predicted molar refractivity (Wildman–Crippen MR) is 480 cm³/mol. The number of benzene rings is 12. The van der Waals surface area contributed by atoms with Crippen molar-refractivity contribution in [3.63, 3.8) is 0 Å². The van der Waals surface area contributed by atoms with Crippen LogP contribution in [0.4, 0.5) is 51.6 Å². The first kappa shape index (κ1) is 65.6. The lowest BCUT2D eigenvalue weighted by molar-refractivity contribution is 0.635. The second kappa shape index (κ2) is 25.8. The molecular formula is C98H56B3N7O7S2. The molecule has 0 saturated heterocycles. The van der Waals surface area contributed by atoms with Crippen LogP contribution in [-0.4, -0.2) is 40.1 Å². The molecule has 0 unspecified atom stereocenters. The van der Waals surface area contributed by atoms with Gasteiger partial charge >= 0.3 is 20.1 Å². The summed E-state index contributed by atoms with van der Waals surface area (Å²) in [7, 11) is 0. The molecule has 0 spiro atoms. The maximum absolute atomic E-state index is 6.71. The minimum atomic E-state index is -0.208. The molecule has 0 saturated carbocycles. The van der Waals surface area contributed by atoms with Crippen molar-refractivity contribution in [1.29, 1.82) is 0 Å². The van der Waals surface area contributed by atoms with E-state index < -0.39 is 0 Å². The van der Waals surface area contributed by atoms with Crippen LogP contribution in [-0.2, 0) is 0 Å². The summed E-state index contributed by atoms with van der Waals surface area (Å²) in [6.07, 6.45) is 7.49. The summed E-state index contributed by atoms with van der Waals surface area (Å²) < 4.78 is 49.8. The first-order chi connectivity index (χ1) is 58.1. The van der Waals surface area contributed by atoms with Gasteiger partial charge in [0.2, 0.25) is 5.95 Å². The monoisotopic (exact) mass is 1540 g/mol. The van der Waals surface area contributed by atoms with E-state index in [0.717, 1.165) is 199 Å². The van der Waals surface area contributed by atoms with Crippen molar-refractivity contribution in [2.45, 2.75) is 0 Å². The summed E-state index contributed by atoms with van der Waals surface area (Å²) in [5, 5.41) is 13.0. The Bertz CT molecular complexity index is 7880. The van der Waals surface area contributed by atoms with Crippen molar-refractivity contribution in [1.82, 2.24) is 19.9 Å². The Balaban J connectivity index is 0.0000000980. The van der Waals surface area contributed by atoms with Crippen LogP contribution in [0.15, 0.2) is 371 Å². The number of hydrogen-bond donors (Lipinski definition) is 0. The predicted octanol–water partition coefficient (Wildman–Crippen LogP) is 20.7. The standard InChI is InChI=1S/C33H19BN2O3.C33H19BN2O2S.C32H18BN3O2S/c1-2-8-20(9-3-1)34-32-30(22-10-4-6-12-26(22)38-32)36(31-23-11-5-7-13-27(23)39-33(31)34)21-14-15-28-24(18-21)25-19-35-17-16-29(25)37-28;1-2-10-20(11-3-1)34-31-28(23-13-4-7-15-25(23)37-31)36(29-24-14-5-8-16-26(24)38-32(29)34)33-30-22(18-19-35-33)21-12-6-9-17-27(21)39-30;1-2-10-19(11-3-1)33-29-27(21-13-4-7-15-24(21)37-29)36(28-22-14-5-8-16-25(22)38-30(28)33)32-34-18-23-20-12-6-9-17-26(20)39-31(23)35-32/h2*1-19H;1-18H. The summed E-state index contributed by atoms with van der Waals surface area (Å²) >= 11 is 3.47. The molecule has 0 fully saturated rings. The zero-order valence-corrected chi connectivity index (χ0v) is 63.5. The molecule has 0 radical (unpaired) electrons. The largest absolute Gasteiger partial charge is 0.468 e. The first-order valence-corrected chi connectivity index (χ1v) is 40.5. The number of para-hydroxylation sites is 6. The third kappa shape index (κ3) is 9.94. The zero-order chi connectivity index (χ0) is 76.5. The molecule has 0 atom stereocenters. The molecule has 12 aromatic heterocycles. The highest BCUT2D eigenvalue weighted by Crippen LogP contribution is 2.52. The van der Waals surface area contributed by atoms with Gasteiger partial charge in [0, 0.05) is 105 Å².